The fraction of sp³-hybridized carbons (Fsp3) is 0.462. The Bertz CT molecular complexity index is 587. The van der Waals surface area contributed by atoms with Crippen molar-refractivity contribution >= 4 is 11.0 Å². The van der Waals surface area contributed by atoms with Crippen LogP contribution in [-0.4, -0.2) is 22.8 Å². The van der Waals surface area contributed by atoms with Crippen LogP contribution >= 0.6 is 0 Å². The number of para-hydroxylation sites is 1. The smallest absolute Gasteiger partial charge is 0.151 e. The van der Waals surface area contributed by atoms with Gasteiger partial charge in [-0.2, -0.15) is 0 Å². The standard InChI is InChI=1S/C13H16FN3O/c1-17-10-4-2-3-9(14)11(10)16-12(17)13(15)5-7-18-8-6-13/h2-4H,5-8,15H2,1H3. The molecule has 1 saturated heterocycles. The van der Waals surface area contributed by atoms with Crippen LogP contribution in [0.4, 0.5) is 4.39 Å². The molecule has 4 nitrogen and oxygen atoms in total. The Hall–Kier alpha value is -1.46. The summed E-state index contributed by atoms with van der Waals surface area (Å²) in [6.45, 7) is 1.25. The summed E-state index contributed by atoms with van der Waals surface area (Å²) >= 11 is 0. The van der Waals surface area contributed by atoms with Crippen molar-refractivity contribution in [1.82, 2.24) is 9.55 Å². The quantitative estimate of drug-likeness (QED) is 0.836. The van der Waals surface area contributed by atoms with Crippen LogP contribution in [0.3, 0.4) is 0 Å². The van der Waals surface area contributed by atoms with Gasteiger partial charge >= 0.3 is 0 Å². The van der Waals surface area contributed by atoms with Crippen LogP contribution < -0.4 is 5.73 Å². The number of ether oxygens (including phenoxy) is 1. The lowest BCUT2D eigenvalue weighted by molar-refractivity contribution is 0.0484. The lowest BCUT2D eigenvalue weighted by Gasteiger charge is -2.32. The van der Waals surface area contributed by atoms with E-state index in [1.165, 1.54) is 6.07 Å². The first-order chi connectivity index (χ1) is 8.62. The number of imidazole rings is 1. The Balaban J connectivity index is 2.17. The second-order valence-electron chi connectivity index (χ2n) is 4.87. The van der Waals surface area contributed by atoms with E-state index in [4.69, 9.17) is 10.5 Å². The molecule has 5 heteroatoms. The van der Waals surface area contributed by atoms with Crippen molar-refractivity contribution in [2.45, 2.75) is 18.4 Å². The molecule has 0 unspecified atom stereocenters. The number of nitrogens with zero attached hydrogens (tertiary/aromatic N) is 2. The van der Waals surface area contributed by atoms with Gasteiger partial charge in [0.2, 0.25) is 0 Å². The van der Waals surface area contributed by atoms with Gasteiger partial charge in [-0.15, -0.1) is 0 Å². The van der Waals surface area contributed by atoms with E-state index in [0.717, 1.165) is 11.3 Å². The highest BCUT2D eigenvalue weighted by molar-refractivity contribution is 5.76. The maximum Gasteiger partial charge on any atom is 0.151 e. The molecule has 3 rings (SSSR count). The van der Waals surface area contributed by atoms with Gasteiger partial charge in [0.05, 0.1) is 11.1 Å². The number of rotatable bonds is 1. The molecule has 0 spiro atoms. The molecule has 0 aliphatic carbocycles. The van der Waals surface area contributed by atoms with Gasteiger partial charge in [-0.05, 0) is 25.0 Å². The second kappa shape index (κ2) is 4.03. The first-order valence-electron chi connectivity index (χ1n) is 6.10. The Labute approximate surface area is 105 Å². The van der Waals surface area contributed by atoms with E-state index in [-0.39, 0.29) is 5.82 Å². The summed E-state index contributed by atoms with van der Waals surface area (Å²) in [5.74, 6) is 0.441. The van der Waals surface area contributed by atoms with Gasteiger partial charge in [0.15, 0.2) is 5.82 Å². The minimum atomic E-state index is -0.515. The molecule has 96 valence electrons. The predicted octanol–water partition coefficient (Wildman–Crippen LogP) is 1.68. The maximum absolute atomic E-state index is 13.7. The molecule has 2 aromatic rings. The van der Waals surface area contributed by atoms with Crippen molar-refractivity contribution in [2.75, 3.05) is 13.2 Å². The zero-order chi connectivity index (χ0) is 12.8. The first kappa shape index (κ1) is 11.6. The third kappa shape index (κ3) is 1.62. The summed E-state index contributed by atoms with van der Waals surface area (Å²) in [7, 11) is 1.88. The summed E-state index contributed by atoms with van der Waals surface area (Å²) in [6, 6.07) is 4.97. The monoisotopic (exact) mass is 249 g/mol. The van der Waals surface area contributed by atoms with Crippen LogP contribution in [0.1, 0.15) is 18.7 Å². The molecule has 0 atom stereocenters. The molecule has 1 aromatic heterocycles. The fourth-order valence-electron chi connectivity index (χ4n) is 2.58. The second-order valence-corrected chi connectivity index (χ2v) is 4.87. The number of benzene rings is 1. The van der Waals surface area contributed by atoms with E-state index in [9.17, 15) is 4.39 Å². The van der Waals surface area contributed by atoms with Crippen molar-refractivity contribution in [3.8, 4) is 0 Å². The summed E-state index contributed by atoms with van der Waals surface area (Å²) in [5, 5.41) is 0. The summed E-state index contributed by atoms with van der Waals surface area (Å²) in [6.07, 6.45) is 1.43. The van der Waals surface area contributed by atoms with Gasteiger partial charge in [0, 0.05) is 20.3 Å². The maximum atomic E-state index is 13.7. The van der Waals surface area contributed by atoms with E-state index in [1.807, 2.05) is 17.7 Å². The highest BCUT2D eigenvalue weighted by Gasteiger charge is 2.34. The van der Waals surface area contributed by atoms with Crippen LogP contribution in [0, 0.1) is 5.82 Å². The minimum absolute atomic E-state index is 0.301. The number of aromatic nitrogens is 2. The number of hydrogen-bond donors (Lipinski definition) is 1. The van der Waals surface area contributed by atoms with Crippen molar-refractivity contribution in [2.24, 2.45) is 12.8 Å². The van der Waals surface area contributed by atoms with Crippen molar-refractivity contribution in [1.29, 1.82) is 0 Å². The average Bonchev–Trinajstić information content (AvgIpc) is 2.70. The lowest BCUT2D eigenvalue weighted by atomic mass is 9.90. The van der Waals surface area contributed by atoms with E-state index in [2.05, 4.69) is 4.98 Å². The summed E-state index contributed by atoms with van der Waals surface area (Å²) < 4.78 is 21.0. The van der Waals surface area contributed by atoms with Gasteiger partial charge in [-0.3, -0.25) is 0 Å². The molecule has 0 saturated carbocycles. The normalized spacial score (nSPS) is 19.3. The zero-order valence-electron chi connectivity index (χ0n) is 10.3. The molecule has 0 amide bonds. The number of hydrogen-bond acceptors (Lipinski definition) is 3. The molecule has 1 aliphatic heterocycles. The minimum Gasteiger partial charge on any atom is -0.381 e. The van der Waals surface area contributed by atoms with Gasteiger partial charge in [0.25, 0.3) is 0 Å². The zero-order valence-corrected chi connectivity index (χ0v) is 10.3. The predicted molar refractivity (Wildman–Crippen MR) is 66.6 cm³/mol. The number of fused-ring (bicyclic) bond motifs is 1. The SMILES string of the molecule is Cn1c(C2(N)CCOCC2)nc2c(F)cccc21. The van der Waals surface area contributed by atoms with Gasteiger partial charge in [0.1, 0.15) is 11.3 Å². The van der Waals surface area contributed by atoms with Crippen LogP contribution in [0.25, 0.3) is 11.0 Å². The van der Waals surface area contributed by atoms with Crippen molar-refractivity contribution in [3.63, 3.8) is 0 Å². The molecule has 2 heterocycles. The van der Waals surface area contributed by atoms with E-state index < -0.39 is 5.54 Å². The van der Waals surface area contributed by atoms with Crippen molar-refractivity contribution < 1.29 is 9.13 Å². The van der Waals surface area contributed by atoms with Crippen LogP contribution in [-0.2, 0) is 17.3 Å². The van der Waals surface area contributed by atoms with Crippen LogP contribution in [0.2, 0.25) is 0 Å². The van der Waals surface area contributed by atoms with Crippen LogP contribution in [0.5, 0.6) is 0 Å². The topological polar surface area (TPSA) is 53.1 Å². The third-order valence-corrected chi connectivity index (χ3v) is 3.69. The Morgan fingerprint density at radius 3 is 2.78 bits per heavy atom. The highest BCUT2D eigenvalue weighted by Crippen LogP contribution is 2.31. The van der Waals surface area contributed by atoms with Gasteiger partial charge < -0.3 is 15.0 Å². The molecule has 18 heavy (non-hydrogen) atoms. The molecular formula is C13H16FN3O. The molecular weight excluding hydrogens is 233 g/mol. The molecule has 0 radical (unpaired) electrons. The largest absolute Gasteiger partial charge is 0.381 e. The Morgan fingerprint density at radius 1 is 1.39 bits per heavy atom. The van der Waals surface area contributed by atoms with E-state index >= 15 is 0 Å². The third-order valence-electron chi connectivity index (χ3n) is 3.69. The summed E-state index contributed by atoms with van der Waals surface area (Å²) in [5.41, 5.74) is 7.07. The molecule has 2 N–H and O–H groups in total. The fourth-order valence-corrected chi connectivity index (χ4v) is 2.58. The number of nitrogens with two attached hydrogens (primary N) is 1. The Morgan fingerprint density at radius 2 is 2.11 bits per heavy atom. The first-order valence-corrected chi connectivity index (χ1v) is 6.10. The number of aryl methyl sites for hydroxylation is 1. The van der Waals surface area contributed by atoms with Crippen molar-refractivity contribution in [3.05, 3.63) is 29.8 Å². The van der Waals surface area contributed by atoms with Crippen LogP contribution in [0.15, 0.2) is 18.2 Å². The number of halogens is 1. The molecule has 0 bridgehead atoms. The van der Waals surface area contributed by atoms with Gasteiger partial charge in [-0.1, -0.05) is 6.07 Å². The summed E-state index contributed by atoms with van der Waals surface area (Å²) in [4.78, 5) is 4.41. The van der Waals surface area contributed by atoms with E-state index in [0.29, 0.717) is 31.6 Å². The average molecular weight is 249 g/mol. The Kier molecular flexibility index (Phi) is 2.60. The lowest BCUT2D eigenvalue weighted by Crippen LogP contribution is -2.44. The van der Waals surface area contributed by atoms with E-state index in [1.54, 1.807) is 6.07 Å². The van der Waals surface area contributed by atoms with Gasteiger partial charge in [-0.25, -0.2) is 9.37 Å². The highest BCUT2D eigenvalue weighted by atomic mass is 19.1. The molecule has 1 aromatic carbocycles. The molecule has 1 aliphatic rings. The molecule has 1 fully saturated rings.